The number of anilines is 1. The minimum atomic E-state index is -0.0877. The summed E-state index contributed by atoms with van der Waals surface area (Å²) >= 11 is 1.84. The Morgan fingerprint density at radius 3 is 2.35 bits per heavy atom. The number of thioether (sulfide) groups is 1. The molecular formula is C24H27NO5S. The van der Waals surface area contributed by atoms with Gasteiger partial charge in [-0.2, -0.15) is 0 Å². The summed E-state index contributed by atoms with van der Waals surface area (Å²) in [4.78, 5) is 3.55. The summed E-state index contributed by atoms with van der Waals surface area (Å²) in [5.74, 6) is 3.36. The van der Waals surface area contributed by atoms with E-state index in [1.54, 1.807) is 21.3 Å². The Hall–Kier alpha value is -2.77. The third-order valence-corrected chi connectivity index (χ3v) is 6.81. The zero-order valence-corrected chi connectivity index (χ0v) is 18.8. The maximum absolute atomic E-state index is 9.30. The summed E-state index contributed by atoms with van der Waals surface area (Å²) < 4.78 is 22.4. The van der Waals surface area contributed by atoms with E-state index in [4.69, 9.17) is 18.6 Å². The fourth-order valence-electron chi connectivity index (χ4n) is 3.89. The van der Waals surface area contributed by atoms with Crippen molar-refractivity contribution in [2.45, 2.75) is 29.7 Å². The van der Waals surface area contributed by atoms with Crippen LogP contribution in [0, 0.1) is 0 Å². The van der Waals surface area contributed by atoms with Crippen molar-refractivity contribution in [1.29, 1.82) is 0 Å². The monoisotopic (exact) mass is 441 g/mol. The first-order valence-corrected chi connectivity index (χ1v) is 11.0. The van der Waals surface area contributed by atoms with E-state index in [0.717, 1.165) is 24.3 Å². The lowest BCUT2D eigenvalue weighted by molar-refractivity contribution is 0.243. The zero-order chi connectivity index (χ0) is 21.8. The Balaban J connectivity index is 1.65. The van der Waals surface area contributed by atoms with Crippen LogP contribution in [0.4, 0.5) is 5.69 Å². The van der Waals surface area contributed by atoms with Crippen LogP contribution in [0.1, 0.15) is 28.8 Å². The van der Waals surface area contributed by atoms with Gasteiger partial charge in [0.15, 0.2) is 11.5 Å². The number of benzene rings is 2. The molecule has 0 radical (unpaired) electrons. The number of methoxy groups -OCH3 is 3. The highest BCUT2D eigenvalue weighted by molar-refractivity contribution is 7.99. The maximum Gasteiger partial charge on any atom is 0.203 e. The largest absolute Gasteiger partial charge is 0.493 e. The van der Waals surface area contributed by atoms with Gasteiger partial charge in [-0.1, -0.05) is 12.1 Å². The van der Waals surface area contributed by atoms with Gasteiger partial charge < -0.3 is 28.6 Å². The molecule has 2 aromatic carbocycles. The molecule has 7 heteroatoms. The number of para-hydroxylation sites is 1. The third kappa shape index (κ3) is 4.48. The molecule has 0 amide bonds. The standard InChI is InChI=1S/C24H27NO5S/c1-27-20-12-16(13-21(28-2)24(20)29-3)22-10-11-25(14-17-8-9-18(15-26)30-17)19-6-4-5-7-23(19)31-22/h4-9,12-13,22,26H,10-11,14-15H2,1-3H3. The lowest BCUT2D eigenvalue weighted by Crippen LogP contribution is -2.23. The van der Waals surface area contributed by atoms with Crippen LogP contribution >= 0.6 is 11.8 Å². The number of aliphatic hydroxyl groups is 1. The van der Waals surface area contributed by atoms with Crippen molar-refractivity contribution < 1.29 is 23.7 Å². The Morgan fingerprint density at radius 2 is 1.71 bits per heavy atom. The van der Waals surface area contributed by atoms with Gasteiger partial charge in [-0.05, 0) is 48.4 Å². The van der Waals surface area contributed by atoms with E-state index in [1.165, 1.54) is 10.6 Å². The summed E-state index contributed by atoms with van der Waals surface area (Å²) in [6.07, 6.45) is 0.936. The average molecular weight is 442 g/mol. The van der Waals surface area contributed by atoms with Crippen molar-refractivity contribution in [2.75, 3.05) is 32.8 Å². The molecule has 164 valence electrons. The number of hydrogen-bond donors (Lipinski definition) is 1. The molecule has 1 aliphatic rings. The molecular weight excluding hydrogens is 414 g/mol. The molecule has 6 nitrogen and oxygen atoms in total. The molecule has 2 heterocycles. The van der Waals surface area contributed by atoms with Crippen molar-refractivity contribution in [3.8, 4) is 17.2 Å². The summed E-state index contributed by atoms with van der Waals surface area (Å²) in [6, 6.07) is 16.3. The Morgan fingerprint density at radius 1 is 1.00 bits per heavy atom. The van der Waals surface area contributed by atoms with Crippen molar-refractivity contribution in [1.82, 2.24) is 0 Å². The highest BCUT2D eigenvalue weighted by Crippen LogP contribution is 2.48. The van der Waals surface area contributed by atoms with Crippen LogP contribution in [0.5, 0.6) is 17.2 Å². The minimum Gasteiger partial charge on any atom is -0.493 e. The van der Waals surface area contributed by atoms with Gasteiger partial charge in [0.1, 0.15) is 18.1 Å². The maximum atomic E-state index is 9.30. The van der Waals surface area contributed by atoms with Gasteiger partial charge in [0.2, 0.25) is 5.75 Å². The van der Waals surface area contributed by atoms with Crippen LogP contribution in [-0.4, -0.2) is 33.0 Å². The predicted octanol–water partition coefficient (Wildman–Crippen LogP) is 5.04. The summed E-state index contributed by atoms with van der Waals surface area (Å²) in [7, 11) is 4.90. The molecule has 0 fully saturated rings. The van der Waals surface area contributed by atoms with Crippen LogP contribution in [0.15, 0.2) is 57.8 Å². The van der Waals surface area contributed by atoms with Gasteiger partial charge in [-0.15, -0.1) is 11.8 Å². The third-order valence-electron chi connectivity index (χ3n) is 5.42. The number of ether oxygens (including phenoxy) is 3. The summed E-state index contributed by atoms with van der Waals surface area (Å²) in [5, 5.41) is 9.53. The topological polar surface area (TPSA) is 64.3 Å². The number of furan rings is 1. The van der Waals surface area contributed by atoms with E-state index in [1.807, 2.05) is 36.0 Å². The second kappa shape index (κ2) is 9.58. The van der Waals surface area contributed by atoms with E-state index in [2.05, 4.69) is 29.2 Å². The van der Waals surface area contributed by atoms with Crippen LogP contribution in [-0.2, 0) is 13.2 Å². The molecule has 3 aromatic rings. The Bertz CT molecular complexity index is 1010. The molecule has 31 heavy (non-hydrogen) atoms. The summed E-state index contributed by atoms with van der Waals surface area (Å²) in [6.45, 7) is 1.43. The average Bonchev–Trinajstić information content (AvgIpc) is 3.19. The van der Waals surface area contributed by atoms with E-state index in [0.29, 0.717) is 29.6 Å². The van der Waals surface area contributed by atoms with Crippen LogP contribution < -0.4 is 19.1 Å². The van der Waals surface area contributed by atoms with Gasteiger partial charge in [0.25, 0.3) is 0 Å². The minimum absolute atomic E-state index is 0.0877. The fourth-order valence-corrected chi connectivity index (χ4v) is 5.17. The lowest BCUT2D eigenvalue weighted by Gasteiger charge is -2.23. The number of rotatable bonds is 7. The number of aliphatic hydroxyl groups excluding tert-OH is 1. The molecule has 1 aromatic heterocycles. The predicted molar refractivity (Wildman–Crippen MR) is 121 cm³/mol. The molecule has 0 spiro atoms. The van der Waals surface area contributed by atoms with Crippen LogP contribution in [0.25, 0.3) is 0 Å². The van der Waals surface area contributed by atoms with Gasteiger partial charge in [-0.25, -0.2) is 0 Å². The van der Waals surface area contributed by atoms with E-state index >= 15 is 0 Å². The van der Waals surface area contributed by atoms with Gasteiger partial charge in [0.05, 0.1) is 33.6 Å². The molecule has 0 saturated carbocycles. The first-order chi connectivity index (χ1) is 15.2. The van der Waals surface area contributed by atoms with Gasteiger partial charge >= 0.3 is 0 Å². The highest BCUT2D eigenvalue weighted by atomic mass is 32.2. The van der Waals surface area contributed by atoms with E-state index in [9.17, 15) is 5.11 Å². The molecule has 4 rings (SSSR count). The normalized spacial score (nSPS) is 15.9. The molecule has 1 N–H and O–H groups in total. The van der Waals surface area contributed by atoms with Crippen molar-refractivity contribution >= 4 is 17.4 Å². The molecule has 0 aliphatic carbocycles. The zero-order valence-electron chi connectivity index (χ0n) is 18.0. The second-order valence-electron chi connectivity index (χ2n) is 7.27. The molecule has 1 unspecified atom stereocenters. The number of hydrogen-bond acceptors (Lipinski definition) is 7. The SMILES string of the molecule is COc1cc(C2CCN(Cc3ccc(CO)o3)c3ccccc3S2)cc(OC)c1OC. The Kier molecular flexibility index (Phi) is 6.63. The fraction of sp³-hybridized carbons (Fsp3) is 0.333. The van der Waals surface area contributed by atoms with Gasteiger partial charge in [-0.3, -0.25) is 0 Å². The molecule has 1 aliphatic heterocycles. The second-order valence-corrected chi connectivity index (χ2v) is 8.51. The number of fused-ring (bicyclic) bond motifs is 1. The quantitative estimate of drug-likeness (QED) is 0.551. The number of nitrogens with zero attached hydrogens (tertiary/aromatic N) is 1. The van der Waals surface area contributed by atoms with Crippen molar-refractivity contribution in [3.63, 3.8) is 0 Å². The first-order valence-electron chi connectivity index (χ1n) is 10.2. The first kappa shape index (κ1) is 21.5. The summed E-state index contributed by atoms with van der Waals surface area (Å²) in [5.41, 5.74) is 2.32. The van der Waals surface area contributed by atoms with Crippen LogP contribution in [0.2, 0.25) is 0 Å². The Labute approximate surface area is 186 Å². The van der Waals surface area contributed by atoms with E-state index < -0.39 is 0 Å². The van der Waals surface area contributed by atoms with Crippen molar-refractivity contribution in [2.24, 2.45) is 0 Å². The lowest BCUT2D eigenvalue weighted by atomic mass is 10.1. The highest BCUT2D eigenvalue weighted by Gasteiger charge is 2.26. The molecule has 1 atom stereocenters. The van der Waals surface area contributed by atoms with Gasteiger partial charge in [0, 0.05) is 16.7 Å². The van der Waals surface area contributed by atoms with E-state index in [-0.39, 0.29) is 11.9 Å². The smallest absolute Gasteiger partial charge is 0.203 e. The van der Waals surface area contributed by atoms with Crippen LogP contribution in [0.3, 0.4) is 0 Å². The molecule has 0 bridgehead atoms. The van der Waals surface area contributed by atoms with Crippen molar-refractivity contribution in [3.05, 3.63) is 65.6 Å². The molecule has 0 saturated heterocycles.